The molecule has 0 aliphatic carbocycles. The van der Waals surface area contributed by atoms with Crippen molar-refractivity contribution in [2.75, 3.05) is 14.2 Å². The Labute approximate surface area is 148 Å². The van der Waals surface area contributed by atoms with Crippen LogP contribution >= 0.6 is 15.9 Å². The molecule has 1 aliphatic rings. The standard InChI is InChI=1S/C16H18BrN3O4/c1-22-9-14-18-15(24-19-14)8-20-7-11-5-12(17)4-3-10(11)6-13(20)16(21)23-2/h3-5,13H,6-9H2,1-2H3. The van der Waals surface area contributed by atoms with E-state index in [9.17, 15) is 4.79 Å². The van der Waals surface area contributed by atoms with Gasteiger partial charge < -0.3 is 14.0 Å². The van der Waals surface area contributed by atoms with E-state index in [-0.39, 0.29) is 12.0 Å². The maximum Gasteiger partial charge on any atom is 0.323 e. The van der Waals surface area contributed by atoms with Crippen LogP contribution in [0.15, 0.2) is 27.2 Å². The summed E-state index contributed by atoms with van der Waals surface area (Å²) in [5.41, 5.74) is 2.32. The zero-order chi connectivity index (χ0) is 17.1. The lowest BCUT2D eigenvalue weighted by molar-refractivity contribution is -0.148. The summed E-state index contributed by atoms with van der Waals surface area (Å²) in [5, 5.41) is 3.86. The Kier molecular flexibility index (Phi) is 5.27. The first-order chi connectivity index (χ1) is 11.6. The minimum Gasteiger partial charge on any atom is -0.468 e. The zero-order valence-corrected chi connectivity index (χ0v) is 15.1. The van der Waals surface area contributed by atoms with E-state index in [1.807, 2.05) is 17.0 Å². The molecule has 0 saturated carbocycles. The van der Waals surface area contributed by atoms with Crippen LogP contribution < -0.4 is 0 Å². The Morgan fingerprint density at radius 3 is 3.00 bits per heavy atom. The Morgan fingerprint density at radius 2 is 2.25 bits per heavy atom. The summed E-state index contributed by atoms with van der Waals surface area (Å²) in [5.74, 6) is 0.678. The van der Waals surface area contributed by atoms with Gasteiger partial charge in [0.05, 0.1) is 13.7 Å². The Hall–Kier alpha value is -1.77. The number of fused-ring (bicyclic) bond motifs is 1. The first kappa shape index (κ1) is 17.1. The van der Waals surface area contributed by atoms with Crippen LogP contribution in [0.5, 0.6) is 0 Å². The molecule has 1 aromatic carbocycles. The van der Waals surface area contributed by atoms with Crippen LogP contribution in [0.1, 0.15) is 22.8 Å². The lowest BCUT2D eigenvalue weighted by Gasteiger charge is -2.34. The molecule has 0 fully saturated rings. The van der Waals surface area contributed by atoms with Gasteiger partial charge in [-0.1, -0.05) is 27.2 Å². The number of hydrogen-bond donors (Lipinski definition) is 0. The maximum absolute atomic E-state index is 12.2. The number of benzene rings is 1. The van der Waals surface area contributed by atoms with Crippen LogP contribution in [-0.2, 0) is 40.4 Å². The quantitative estimate of drug-likeness (QED) is 0.717. The smallest absolute Gasteiger partial charge is 0.323 e. The minimum absolute atomic E-state index is 0.264. The largest absolute Gasteiger partial charge is 0.468 e. The van der Waals surface area contributed by atoms with Crippen LogP contribution in [0.3, 0.4) is 0 Å². The van der Waals surface area contributed by atoms with E-state index in [0.717, 1.165) is 10.0 Å². The molecule has 3 rings (SSSR count). The summed E-state index contributed by atoms with van der Waals surface area (Å²) in [4.78, 5) is 18.5. The Balaban J connectivity index is 1.83. The number of ether oxygens (including phenoxy) is 2. The fourth-order valence-corrected chi connectivity index (χ4v) is 3.27. The molecular weight excluding hydrogens is 378 g/mol. The molecule has 128 valence electrons. The summed E-state index contributed by atoms with van der Waals surface area (Å²) >= 11 is 3.49. The normalized spacial score (nSPS) is 17.5. The highest BCUT2D eigenvalue weighted by molar-refractivity contribution is 9.10. The molecule has 0 N–H and O–H groups in total. The number of esters is 1. The zero-order valence-electron chi connectivity index (χ0n) is 13.5. The monoisotopic (exact) mass is 395 g/mol. The highest BCUT2D eigenvalue weighted by Crippen LogP contribution is 2.28. The average molecular weight is 396 g/mol. The first-order valence-electron chi connectivity index (χ1n) is 7.50. The van der Waals surface area contributed by atoms with Gasteiger partial charge in [0, 0.05) is 18.1 Å². The lowest BCUT2D eigenvalue weighted by Crippen LogP contribution is -2.45. The summed E-state index contributed by atoms with van der Waals surface area (Å²) < 4.78 is 16.2. The molecule has 8 heteroatoms. The van der Waals surface area contributed by atoms with E-state index < -0.39 is 0 Å². The van der Waals surface area contributed by atoms with Gasteiger partial charge >= 0.3 is 5.97 Å². The van der Waals surface area contributed by atoms with Gasteiger partial charge in [0.1, 0.15) is 12.6 Å². The van der Waals surface area contributed by atoms with Crippen molar-refractivity contribution in [3.63, 3.8) is 0 Å². The fraction of sp³-hybridized carbons (Fsp3) is 0.438. The minimum atomic E-state index is -0.374. The molecule has 0 amide bonds. The third-order valence-corrected chi connectivity index (χ3v) is 4.48. The number of methoxy groups -OCH3 is 2. The van der Waals surface area contributed by atoms with Crippen molar-refractivity contribution < 1.29 is 18.8 Å². The van der Waals surface area contributed by atoms with Gasteiger partial charge in [0.15, 0.2) is 5.82 Å². The number of aromatic nitrogens is 2. The molecular formula is C16H18BrN3O4. The van der Waals surface area contributed by atoms with Crippen molar-refractivity contribution in [3.8, 4) is 0 Å². The fourth-order valence-electron chi connectivity index (χ4n) is 2.86. The predicted octanol–water partition coefficient (Wildman–Crippen LogP) is 2.08. The Morgan fingerprint density at radius 1 is 1.42 bits per heavy atom. The molecule has 2 heterocycles. The van der Waals surface area contributed by atoms with Crippen LogP contribution in [0.25, 0.3) is 0 Å². The molecule has 7 nitrogen and oxygen atoms in total. The van der Waals surface area contributed by atoms with Crippen molar-refractivity contribution >= 4 is 21.9 Å². The maximum atomic E-state index is 12.2. The van der Waals surface area contributed by atoms with Gasteiger partial charge in [0.2, 0.25) is 5.89 Å². The summed E-state index contributed by atoms with van der Waals surface area (Å²) in [6, 6.07) is 5.72. The number of carbonyl (C=O) groups excluding carboxylic acids is 1. The molecule has 0 spiro atoms. The van der Waals surface area contributed by atoms with Crippen molar-refractivity contribution in [2.45, 2.75) is 32.2 Å². The van der Waals surface area contributed by atoms with E-state index in [2.05, 4.69) is 32.1 Å². The van der Waals surface area contributed by atoms with Crippen molar-refractivity contribution in [3.05, 3.63) is 45.5 Å². The van der Waals surface area contributed by atoms with Gasteiger partial charge in [0.25, 0.3) is 0 Å². The van der Waals surface area contributed by atoms with E-state index in [0.29, 0.717) is 37.8 Å². The summed E-state index contributed by atoms with van der Waals surface area (Å²) in [6.07, 6.45) is 0.592. The van der Waals surface area contributed by atoms with Crippen molar-refractivity contribution in [2.24, 2.45) is 0 Å². The van der Waals surface area contributed by atoms with E-state index >= 15 is 0 Å². The van der Waals surface area contributed by atoms with Gasteiger partial charge in [-0.25, -0.2) is 0 Å². The molecule has 0 saturated heterocycles. The van der Waals surface area contributed by atoms with Crippen molar-refractivity contribution in [1.82, 2.24) is 15.0 Å². The van der Waals surface area contributed by atoms with E-state index in [4.69, 9.17) is 14.0 Å². The van der Waals surface area contributed by atoms with Crippen molar-refractivity contribution in [1.29, 1.82) is 0 Å². The van der Waals surface area contributed by atoms with Crippen LogP contribution in [-0.4, -0.2) is 41.3 Å². The third kappa shape index (κ3) is 3.66. The van der Waals surface area contributed by atoms with Crippen LogP contribution in [0.4, 0.5) is 0 Å². The second-order valence-corrected chi connectivity index (χ2v) is 6.51. The molecule has 0 bridgehead atoms. The average Bonchev–Trinajstić information content (AvgIpc) is 3.01. The van der Waals surface area contributed by atoms with E-state index in [1.165, 1.54) is 12.7 Å². The highest BCUT2D eigenvalue weighted by atomic mass is 79.9. The van der Waals surface area contributed by atoms with Gasteiger partial charge in [-0.05, 0) is 29.7 Å². The lowest BCUT2D eigenvalue weighted by atomic mass is 9.94. The number of nitrogens with zero attached hydrogens (tertiary/aromatic N) is 3. The molecule has 24 heavy (non-hydrogen) atoms. The number of rotatable bonds is 5. The highest BCUT2D eigenvalue weighted by Gasteiger charge is 2.33. The van der Waals surface area contributed by atoms with Gasteiger partial charge in [-0.15, -0.1) is 0 Å². The number of halogens is 1. The molecule has 1 atom stereocenters. The molecule has 2 aromatic rings. The topological polar surface area (TPSA) is 77.7 Å². The first-order valence-corrected chi connectivity index (χ1v) is 8.29. The molecule has 0 radical (unpaired) electrons. The van der Waals surface area contributed by atoms with Crippen LogP contribution in [0.2, 0.25) is 0 Å². The molecule has 1 unspecified atom stereocenters. The predicted molar refractivity (Wildman–Crippen MR) is 87.9 cm³/mol. The van der Waals surface area contributed by atoms with E-state index in [1.54, 1.807) is 7.11 Å². The second kappa shape index (κ2) is 7.42. The Bertz CT molecular complexity index is 734. The third-order valence-electron chi connectivity index (χ3n) is 3.99. The number of hydrogen-bond acceptors (Lipinski definition) is 7. The van der Waals surface area contributed by atoms with Crippen LogP contribution in [0, 0.1) is 0 Å². The van der Waals surface area contributed by atoms with Gasteiger partial charge in [-0.3, -0.25) is 9.69 Å². The molecule has 1 aromatic heterocycles. The molecule has 1 aliphatic heterocycles. The van der Waals surface area contributed by atoms with Gasteiger partial charge in [-0.2, -0.15) is 4.98 Å². The SMILES string of the molecule is COCc1noc(CN2Cc3cc(Br)ccc3CC2C(=O)OC)n1. The summed E-state index contributed by atoms with van der Waals surface area (Å²) in [7, 11) is 2.98. The second-order valence-electron chi connectivity index (χ2n) is 5.60. The summed E-state index contributed by atoms with van der Waals surface area (Å²) in [6.45, 7) is 1.28. The number of carbonyl (C=O) groups is 1.